The Morgan fingerprint density at radius 3 is 2.48 bits per heavy atom. The highest BCUT2D eigenvalue weighted by Crippen LogP contribution is 2.25. The van der Waals surface area contributed by atoms with Crippen LogP contribution in [0.2, 0.25) is 0 Å². The number of hydrogen-bond acceptors (Lipinski definition) is 7. The van der Waals surface area contributed by atoms with Crippen molar-refractivity contribution in [2.45, 2.75) is 58.9 Å². The molecule has 0 bridgehead atoms. The van der Waals surface area contributed by atoms with Gasteiger partial charge in [0, 0.05) is 37.0 Å². The summed E-state index contributed by atoms with van der Waals surface area (Å²) >= 11 is 0. The summed E-state index contributed by atoms with van der Waals surface area (Å²) in [6.45, 7) is 11.4. The van der Waals surface area contributed by atoms with Crippen LogP contribution < -0.4 is 10.6 Å². The van der Waals surface area contributed by atoms with Gasteiger partial charge in [-0.1, -0.05) is 32.8 Å². The highest BCUT2D eigenvalue weighted by Gasteiger charge is 2.14. The molecule has 174 valence electrons. The molecule has 1 aromatic rings. The Morgan fingerprint density at radius 1 is 1.23 bits per heavy atom. The standard InChI is InChI=1S/C24H40N4O3/c1-5-6-7-8-15-31-20(4)23(26)17-22(25)19(3)27-24-10-9-21(16-18(24)2)28(11-13-29)12-14-30/h9-10,16,22,26,29-30H,4-8,11-15,17,25H2,1-3H3. The smallest absolute Gasteiger partial charge is 0.132 e. The molecule has 5 N–H and O–H groups in total. The Kier molecular flexibility index (Phi) is 12.7. The summed E-state index contributed by atoms with van der Waals surface area (Å²) in [5, 5.41) is 26.7. The summed E-state index contributed by atoms with van der Waals surface area (Å²) in [7, 11) is 0. The van der Waals surface area contributed by atoms with Crippen LogP contribution in [0.25, 0.3) is 0 Å². The third-order valence-electron chi connectivity index (χ3n) is 5.15. The molecule has 7 heteroatoms. The van der Waals surface area contributed by atoms with E-state index in [1.165, 1.54) is 12.8 Å². The van der Waals surface area contributed by atoms with Gasteiger partial charge in [-0.3, -0.25) is 4.99 Å². The monoisotopic (exact) mass is 432 g/mol. The molecule has 0 amide bonds. The Bertz CT molecular complexity index is 728. The number of aliphatic hydroxyl groups is 2. The number of allylic oxidation sites excluding steroid dienone is 1. The third kappa shape index (κ3) is 9.63. The Labute approximate surface area is 187 Å². The van der Waals surface area contributed by atoms with Gasteiger partial charge in [-0.15, -0.1) is 0 Å². The van der Waals surface area contributed by atoms with Crippen LogP contribution >= 0.6 is 0 Å². The highest BCUT2D eigenvalue weighted by atomic mass is 16.5. The second-order valence-electron chi connectivity index (χ2n) is 7.78. The van der Waals surface area contributed by atoms with Crippen molar-refractivity contribution in [3.8, 4) is 0 Å². The fraction of sp³-hybridized carbons (Fsp3) is 0.583. The van der Waals surface area contributed by atoms with E-state index >= 15 is 0 Å². The van der Waals surface area contributed by atoms with E-state index < -0.39 is 6.04 Å². The van der Waals surface area contributed by atoms with Gasteiger partial charge in [-0.05, 0) is 44.0 Å². The van der Waals surface area contributed by atoms with Crippen LogP contribution in [-0.2, 0) is 4.74 Å². The molecule has 0 spiro atoms. The Balaban J connectivity index is 2.70. The van der Waals surface area contributed by atoms with E-state index in [0.29, 0.717) is 37.6 Å². The number of nitrogens with zero attached hydrogens (tertiary/aromatic N) is 2. The maximum atomic E-state index is 9.23. The maximum Gasteiger partial charge on any atom is 0.132 e. The lowest BCUT2D eigenvalue weighted by molar-refractivity contribution is 0.223. The fourth-order valence-electron chi connectivity index (χ4n) is 3.14. The number of rotatable bonds is 16. The van der Waals surface area contributed by atoms with Gasteiger partial charge < -0.3 is 31.0 Å². The molecule has 0 aromatic heterocycles. The summed E-state index contributed by atoms with van der Waals surface area (Å²) in [6.07, 6.45) is 4.78. The molecule has 0 saturated heterocycles. The predicted octanol–water partition coefficient (Wildman–Crippen LogP) is 3.73. The Hall–Kier alpha value is -2.22. The van der Waals surface area contributed by atoms with Crippen LogP contribution in [0.15, 0.2) is 35.5 Å². The predicted molar refractivity (Wildman–Crippen MR) is 130 cm³/mol. The van der Waals surface area contributed by atoms with Gasteiger partial charge in [0.15, 0.2) is 0 Å². The summed E-state index contributed by atoms with van der Waals surface area (Å²) in [5.74, 6) is 0.383. The molecule has 31 heavy (non-hydrogen) atoms. The van der Waals surface area contributed by atoms with Gasteiger partial charge in [-0.25, -0.2) is 0 Å². The highest BCUT2D eigenvalue weighted by molar-refractivity contribution is 6.00. The number of aryl methyl sites for hydroxylation is 1. The number of unbranched alkanes of at least 4 members (excludes halogenated alkanes) is 3. The molecule has 1 rings (SSSR count). The molecule has 1 atom stereocenters. The van der Waals surface area contributed by atoms with Gasteiger partial charge in [-0.2, -0.15) is 0 Å². The maximum absolute atomic E-state index is 9.23. The van der Waals surface area contributed by atoms with Crippen LogP contribution in [-0.4, -0.2) is 60.6 Å². The normalized spacial score (nSPS) is 12.5. The summed E-state index contributed by atoms with van der Waals surface area (Å²) in [4.78, 5) is 6.59. The lowest BCUT2D eigenvalue weighted by Crippen LogP contribution is -2.31. The second kappa shape index (κ2) is 14.7. The van der Waals surface area contributed by atoms with Gasteiger partial charge in [0.05, 0.1) is 31.2 Å². The van der Waals surface area contributed by atoms with Crippen molar-refractivity contribution in [2.24, 2.45) is 10.7 Å². The molecular formula is C24H40N4O3. The second-order valence-corrected chi connectivity index (χ2v) is 7.78. The van der Waals surface area contributed by atoms with Gasteiger partial charge >= 0.3 is 0 Å². The number of nitrogens with one attached hydrogen (secondary N) is 1. The summed E-state index contributed by atoms with van der Waals surface area (Å²) in [6, 6.07) is 5.42. The number of hydrogen-bond donors (Lipinski definition) is 4. The third-order valence-corrected chi connectivity index (χ3v) is 5.15. The SMILES string of the molecule is C=C(OCCCCCC)C(=N)CC(N)C(C)=Nc1ccc(N(CCO)CCO)cc1C. The van der Waals surface area contributed by atoms with Crippen LogP contribution in [0.5, 0.6) is 0 Å². The minimum absolute atomic E-state index is 0.0205. The molecule has 1 aromatic carbocycles. The Morgan fingerprint density at radius 2 is 1.90 bits per heavy atom. The van der Waals surface area contributed by atoms with Crippen molar-refractivity contribution in [3.63, 3.8) is 0 Å². The van der Waals surface area contributed by atoms with Crippen LogP contribution in [0.4, 0.5) is 11.4 Å². The lowest BCUT2D eigenvalue weighted by Gasteiger charge is -2.23. The molecule has 0 heterocycles. The zero-order valence-electron chi connectivity index (χ0n) is 19.4. The minimum atomic E-state index is -0.396. The van der Waals surface area contributed by atoms with Crippen LogP contribution in [0.1, 0.15) is 51.5 Å². The van der Waals surface area contributed by atoms with E-state index in [2.05, 4.69) is 18.5 Å². The van der Waals surface area contributed by atoms with E-state index in [-0.39, 0.29) is 13.2 Å². The number of ether oxygens (including phenoxy) is 1. The molecular weight excluding hydrogens is 392 g/mol. The first-order valence-electron chi connectivity index (χ1n) is 11.1. The zero-order valence-corrected chi connectivity index (χ0v) is 19.4. The van der Waals surface area contributed by atoms with Crippen LogP contribution in [0, 0.1) is 12.3 Å². The molecule has 0 aliphatic carbocycles. The first-order valence-corrected chi connectivity index (χ1v) is 11.1. The molecule has 0 aliphatic heterocycles. The molecule has 0 aliphatic rings. The van der Waals surface area contributed by atoms with Crippen molar-refractivity contribution in [2.75, 3.05) is 37.8 Å². The van der Waals surface area contributed by atoms with E-state index in [0.717, 1.165) is 35.5 Å². The van der Waals surface area contributed by atoms with Crippen molar-refractivity contribution in [1.29, 1.82) is 5.41 Å². The van der Waals surface area contributed by atoms with E-state index in [9.17, 15) is 10.2 Å². The first kappa shape index (κ1) is 26.8. The van der Waals surface area contributed by atoms with Crippen molar-refractivity contribution >= 4 is 22.8 Å². The summed E-state index contributed by atoms with van der Waals surface area (Å²) < 4.78 is 5.59. The largest absolute Gasteiger partial charge is 0.492 e. The number of aliphatic imine (C=N–C) groups is 1. The van der Waals surface area contributed by atoms with Crippen molar-refractivity contribution in [1.82, 2.24) is 0 Å². The van der Waals surface area contributed by atoms with E-state index in [1.54, 1.807) is 0 Å². The number of anilines is 1. The van der Waals surface area contributed by atoms with Gasteiger partial charge in [0.25, 0.3) is 0 Å². The average Bonchev–Trinajstić information content (AvgIpc) is 2.74. The fourth-order valence-corrected chi connectivity index (χ4v) is 3.14. The first-order chi connectivity index (χ1) is 14.8. The van der Waals surface area contributed by atoms with Crippen molar-refractivity contribution in [3.05, 3.63) is 36.1 Å². The van der Waals surface area contributed by atoms with Crippen molar-refractivity contribution < 1.29 is 14.9 Å². The summed E-state index contributed by atoms with van der Waals surface area (Å²) in [5.41, 5.74) is 10.0. The number of nitrogens with two attached hydrogens (primary N) is 1. The van der Waals surface area contributed by atoms with Gasteiger partial charge in [0.2, 0.25) is 0 Å². The minimum Gasteiger partial charge on any atom is -0.492 e. The number of aliphatic hydroxyl groups excluding tert-OH is 2. The van der Waals surface area contributed by atoms with E-state index in [1.807, 2.05) is 36.9 Å². The molecule has 0 fully saturated rings. The quantitative estimate of drug-likeness (QED) is 0.180. The average molecular weight is 433 g/mol. The van der Waals surface area contributed by atoms with Crippen LogP contribution in [0.3, 0.4) is 0 Å². The van der Waals surface area contributed by atoms with Gasteiger partial charge in [0.1, 0.15) is 5.76 Å². The topological polar surface area (TPSA) is 115 Å². The molecule has 7 nitrogen and oxygen atoms in total. The zero-order chi connectivity index (χ0) is 23.2. The molecule has 0 radical (unpaired) electrons. The van der Waals surface area contributed by atoms with E-state index in [4.69, 9.17) is 15.9 Å². The molecule has 0 saturated carbocycles. The molecule has 1 unspecified atom stereocenters. The number of benzene rings is 1. The lowest BCUT2D eigenvalue weighted by atomic mass is 10.1.